The van der Waals surface area contributed by atoms with E-state index in [-0.39, 0.29) is 6.04 Å². The molecule has 0 aromatic heterocycles. The van der Waals surface area contributed by atoms with Gasteiger partial charge in [0.15, 0.2) is 0 Å². The van der Waals surface area contributed by atoms with E-state index in [4.69, 9.17) is 5.11 Å². The predicted molar refractivity (Wildman–Crippen MR) is 64.2 cm³/mol. The van der Waals surface area contributed by atoms with Crippen LogP contribution in [0.2, 0.25) is 0 Å². The van der Waals surface area contributed by atoms with Gasteiger partial charge in [-0.15, -0.1) is 6.58 Å². The molecule has 16 heavy (non-hydrogen) atoms. The second kappa shape index (κ2) is 6.08. The highest BCUT2D eigenvalue weighted by Crippen LogP contribution is 2.12. The molecule has 3 heteroatoms. The third kappa shape index (κ3) is 3.51. The molecule has 3 nitrogen and oxygen atoms in total. The lowest BCUT2D eigenvalue weighted by Crippen LogP contribution is -2.37. The Morgan fingerprint density at radius 3 is 2.62 bits per heavy atom. The highest BCUT2D eigenvalue weighted by molar-refractivity contribution is 5.73. The molecule has 0 unspecified atom stereocenters. The molecule has 2 atom stereocenters. The third-order valence-corrected chi connectivity index (χ3v) is 2.45. The zero-order chi connectivity index (χ0) is 12.0. The molecular formula is C13H17NO2. The number of nitrogens with one attached hydrogen (secondary N) is 1. The fourth-order valence-electron chi connectivity index (χ4n) is 1.55. The van der Waals surface area contributed by atoms with E-state index in [1.807, 2.05) is 37.3 Å². The van der Waals surface area contributed by atoms with Gasteiger partial charge in [-0.05, 0) is 18.9 Å². The first-order valence-corrected chi connectivity index (χ1v) is 5.30. The summed E-state index contributed by atoms with van der Waals surface area (Å²) in [5.41, 5.74) is 1.08. The number of aliphatic carboxylic acids is 1. The van der Waals surface area contributed by atoms with Crippen LogP contribution in [-0.2, 0) is 4.79 Å². The van der Waals surface area contributed by atoms with Crippen LogP contribution in [0.15, 0.2) is 43.0 Å². The summed E-state index contributed by atoms with van der Waals surface area (Å²) in [5.74, 6) is -0.845. The van der Waals surface area contributed by atoms with E-state index in [9.17, 15) is 4.79 Å². The van der Waals surface area contributed by atoms with Crippen molar-refractivity contribution < 1.29 is 9.90 Å². The zero-order valence-corrected chi connectivity index (χ0v) is 9.39. The highest BCUT2D eigenvalue weighted by Gasteiger charge is 2.18. The summed E-state index contributed by atoms with van der Waals surface area (Å²) in [6.45, 7) is 5.51. The van der Waals surface area contributed by atoms with Gasteiger partial charge in [-0.1, -0.05) is 36.4 Å². The van der Waals surface area contributed by atoms with Gasteiger partial charge < -0.3 is 5.11 Å². The smallest absolute Gasteiger partial charge is 0.321 e. The zero-order valence-electron chi connectivity index (χ0n) is 9.39. The Labute approximate surface area is 95.8 Å². The van der Waals surface area contributed by atoms with E-state index >= 15 is 0 Å². The molecule has 2 N–H and O–H groups in total. The van der Waals surface area contributed by atoms with E-state index < -0.39 is 12.0 Å². The quantitative estimate of drug-likeness (QED) is 0.722. The first-order valence-electron chi connectivity index (χ1n) is 5.30. The van der Waals surface area contributed by atoms with E-state index in [0.717, 1.165) is 5.56 Å². The van der Waals surface area contributed by atoms with Crippen molar-refractivity contribution in [2.45, 2.75) is 25.4 Å². The maximum atomic E-state index is 10.9. The van der Waals surface area contributed by atoms with E-state index in [2.05, 4.69) is 11.9 Å². The summed E-state index contributed by atoms with van der Waals surface area (Å²) >= 11 is 0. The largest absolute Gasteiger partial charge is 0.480 e. The summed E-state index contributed by atoms with van der Waals surface area (Å²) in [6, 6.07) is 9.21. The molecule has 1 aromatic rings. The number of hydrogen-bond acceptors (Lipinski definition) is 2. The summed E-state index contributed by atoms with van der Waals surface area (Å²) < 4.78 is 0. The van der Waals surface area contributed by atoms with Gasteiger partial charge in [0.1, 0.15) is 6.04 Å². The summed E-state index contributed by atoms with van der Waals surface area (Å²) in [5, 5.41) is 12.1. The molecular weight excluding hydrogens is 202 g/mol. The lowest BCUT2D eigenvalue weighted by Gasteiger charge is -2.19. The van der Waals surface area contributed by atoms with Gasteiger partial charge in [0.25, 0.3) is 0 Å². The van der Waals surface area contributed by atoms with Gasteiger partial charge in [0.2, 0.25) is 0 Å². The van der Waals surface area contributed by atoms with Gasteiger partial charge >= 0.3 is 5.97 Å². The van der Waals surface area contributed by atoms with Crippen LogP contribution < -0.4 is 5.32 Å². The van der Waals surface area contributed by atoms with E-state index in [0.29, 0.717) is 6.42 Å². The Balaban J connectivity index is 2.65. The number of rotatable bonds is 6. The standard InChI is InChI=1S/C13H17NO2/c1-3-7-12(13(15)16)14-10(2)11-8-5-4-6-9-11/h3-6,8-10,12,14H,1,7H2,2H3,(H,15,16)/t10-,12+/m1/s1. The van der Waals surface area contributed by atoms with Crippen molar-refractivity contribution >= 4 is 5.97 Å². The Morgan fingerprint density at radius 1 is 1.50 bits per heavy atom. The van der Waals surface area contributed by atoms with Crippen molar-refractivity contribution in [1.82, 2.24) is 5.32 Å². The van der Waals surface area contributed by atoms with Gasteiger partial charge in [0, 0.05) is 6.04 Å². The second-order valence-electron chi connectivity index (χ2n) is 3.71. The summed E-state index contributed by atoms with van der Waals surface area (Å²) in [7, 11) is 0. The number of carboxylic acids is 1. The van der Waals surface area contributed by atoms with Crippen LogP contribution in [0.4, 0.5) is 0 Å². The molecule has 0 spiro atoms. The fourth-order valence-corrected chi connectivity index (χ4v) is 1.55. The van der Waals surface area contributed by atoms with Crippen molar-refractivity contribution in [2.75, 3.05) is 0 Å². The molecule has 0 fully saturated rings. The molecule has 1 aromatic carbocycles. The highest BCUT2D eigenvalue weighted by atomic mass is 16.4. The molecule has 0 saturated carbocycles. The fraction of sp³-hybridized carbons (Fsp3) is 0.308. The monoisotopic (exact) mass is 219 g/mol. The van der Waals surface area contributed by atoms with Crippen LogP contribution in [-0.4, -0.2) is 17.1 Å². The van der Waals surface area contributed by atoms with Crippen LogP contribution in [0.1, 0.15) is 24.9 Å². The van der Waals surface area contributed by atoms with Crippen LogP contribution in [0.5, 0.6) is 0 Å². The minimum Gasteiger partial charge on any atom is -0.480 e. The van der Waals surface area contributed by atoms with Gasteiger partial charge in [-0.25, -0.2) is 0 Å². The summed E-state index contributed by atoms with van der Waals surface area (Å²) in [6.07, 6.45) is 2.04. The number of carboxylic acid groups (broad SMARTS) is 1. The number of hydrogen-bond donors (Lipinski definition) is 2. The van der Waals surface area contributed by atoms with E-state index in [1.54, 1.807) is 6.08 Å². The van der Waals surface area contributed by atoms with Crippen molar-refractivity contribution in [1.29, 1.82) is 0 Å². The molecule has 0 amide bonds. The average molecular weight is 219 g/mol. The lowest BCUT2D eigenvalue weighted by atomic mass is 10.1. The minimum atomic E-state index is -0.845. The molecule has 0 aliphatic heterocycles. The minimum absolute atomic E-state index is 0.0160. The van der Waals surface area contributed by atoms with Crippen LogP contribution in [0, 0.1) is 0 Å². The Kier molecular flexibility index (Phi) is 4.73. The SMILES string of the molecule is C=CC[C@H](N[C@H](C)c1ccccc1)C(=O)O. The van der Waals surface area contributed by atoms with Crippen LogP contribution in [0.3, 0.4) is 0 Å². The Morgan fingerprint density at radius 2 is 2.12 bits per heavy atom. The third-order valence-electron chi connectivity index (χ3n) is 2.45. The molecule has 1 rings (SSSR count). The normalized spacial score (nSPS) is 14.1. The first kappa shape index (κ1) is 12.5. The lowest BCUT2D eigenvalue weighted by molar-refractivity contribution is -0.139. The molecule has 0 aliphatic rings. The van der Waals surface area contributed by atoms with Gasteiger partial charge in [0.05, 0.1) is 0 Å². The molecule has 0 heterocycles. The van der Waals surface area contributed by atoms with E-state index in [1.165, 1.54) is 0 Å². The van der Waals surface area contributed by atoms with Crippen LogP contribution in [0.25, 0.3) is 0 Å². The van der Waals surface area contributed by atoms with Crippen molar-refractivity contribution in [3.8, 4) is 0 Å². The van der Waals surface area contributed by atoms with Crippen molar-refractivity contribution in [3.05, 3.63) is 48.6 Å². The number of benzene rings is 1. The molecule has 0 aliphatic carbocycles. The van der Waals surface area contributed by atoms with Crippen molar-refractivity contribution in [2.24, 2.45) is 0 Å². The van der Waals surface area contributed by atoms with Crippen LogP contribution >= 0.6 is 0 Å². The molecule has 0 saturated heterocycles. The number of carbonyl (C=O) groups is 1. The molecule has 86 valence electrons. The summed E-state index contributed by atoms with van der Waals surface area (Å²) in [4.78, 5) is 10.9. The first-order chi connectivity index (χ1) is 7.65. The average Bonchev–Trinajstić information content (AvgIpc) is 2.29. The maximum Gasteiger partial charge on any atom is 0.321 e. The Bertz CT molecular complexity index is 348. The maximum absolute atomic E-state index is 10.9. The van der Waals surface area contributed by atoms with Gasteiger partial charge in [-0.3, -0.25) is 10.1 Å². The molecule has 0 bridgehead atoms. The Hall–Kier alpha value is -1.61. The van der Waals surface area contributed by atoms with Crippen molar-refractivity contribution in [3.63, 3.8) is 0 Å². The predicted octanol–water partition coefficient (Wildman–Crippen LogP) is 2.37. The molecule has 0 radical (unpaired) electrons. The second-order valence-corrected chi connectivity index (χ2v) is 3.71. The topological polar surface area (TPSA) is 49.3 Å². The van der Waals surface area contributed by atoms with Gasteiger partial charge in [-0.2, -0.15) is 0 Å².